The molecular formula is C23H30N6O2S2. The molecule has 0 saturated heterocycles. The maximum Gasteiger partial charge on any atom is 0.230 e. The average molecular weight is 487 g/mol. The van der Waals surface area contributed by atoms with Crippen molar-refractivity contribution < 1.29 is 9.21 Å². The summed E-state index contributed by atoms with van der Waals surface area (Å²) in [5.74, 6) is 3.07. The van der Waals surface area contributed by atoms with Crippen LogP contribution in [0.4, 0.5) is 0 Å². The Balaban J connectivity index is 1.43. The van der Waals surface area contributed by atoms with Crippen LogP contribution in [0, 0.1) is 19.8 Å². The van der Waals surface area contributed by atoms with Gasteiger partial charge in [-0.1, -0.05) is 43.3 Å². The van der Waals surface area contributed by atoms with Gasteiger partial charge in [0.2, 0.25) is 5.91 Å². The standard InChI is InChI=1S/C23H30N6O2S2/c1-15-7-4-5-9-19(15)26-21(30)14-33-23-28-27-20(29(23)12-18-8-6-10-31-18)13-32-22-24-16(2)11-17(3)25-22/h6,8,10-11,15,19H,4-5,7,9,12-14H2,1-3H3,(H,26,30)/t15-,19+/m0/s1. The summed E-state index contributed by atoms with van der Waals surface area (Å²) in [6, 6.07) is 6.02. The maximum absolute atomic E-state index is 12.6. The smallest absolute Gasteiger partial charge is 0.230 e. The van der Waals surface area contributed by atoms with E-state index in [0.29, 0.717) is 29.1 Å². The second kappa shape index (κ2) is 11.2. The highest BCUT2D eigenvalue weighted by atomic mass is 32.2. The van der Waals surface area contributed by atoms with Crippen molar-refractivity contribution in [3.63, 3.8) is 0 Å². The summed E-state index contributed by atoms with van der Waals surface area (Å²) in [7, 11) is 0. The number of aromatic nitrogens is 5. The Morgan fingerprint density at radius 3 is 2.70 bits per heavy atom. The summed E-state index contributed by atoms with van der Waals surface area (Å²) in [6.45, 7) is 6.66. The molecule has 0 aliphatic heterocycles. The quantitative estimate of drug-likeness (QED) is 0.351. The van der Waals surface area contributed by atoms with Crippen LogP contribution in [0.1, 0.15) is 55.6 Å². The van der Waals surface area contributed by atoms with E-state index >= 15 is 0 Å². The van der Waals surface area contributed by atoms with Crippen LogP contribution in [0.25, 0.3) is 0 Å². The molecule has 33 heavy (non-hydrogen) atoms. The Kier molecular flexibility index (Phi) is 8.08. The van der Waals surface area contributed by atoms with Crippen LogP contribution in [-0.2, 0) is 17.1 Å². The number of aryl methyl sites for hydroxylation is 2. The third-order valence-corrected chi connectivity index (χ3v) is 7.58. The lowest BCUT2D eigenvalue weighted by molar-refractivity contribution is -0.119. The first-order valence-electron chi connectivity index (χ1n) is 11.3. The van der Waals surface area contributed by atoms with Gasteiger partial charge in [0, 0.05) is 17.4 Å². The van der Waals surface area contributed by atoms with E-state index in [1.807, 2.05) is 36.6 Å². The van der Waals surface area contributed by atoms with Gasteiger partial charge in [0.15, 0.2) is 10.3 Å². The Morgan fingerprint density at radius 1 is 1.18 bits per heavy atom. The molecule has 0 unspecified atom stereocenters. The van der Waals surface area contributed by atoms with E-state index in [0.717, 1.165) is 34.5 Å². The van der Waals surface area contributed by atoms with Crippen molar-refractivity contribution in [1.82, 2.24) is 30.0 Å². The van der Waals surface area contributed by atoms with E-state index in [1.54, 1.807) is 6.26 Å². The van der Waals surface area contributed by atoms with Gasteiger partial charge in [-0.3, -0.25) is 9.36 Å². The van der Waals surface area contributed by atoms with Crippen LogP contribution in [-0.4, -0.2) is 42.4 Å². The molecule has 3 aromatic rings. The molecule has 4 rings (SSSR count). The van der Waals surface area contributed by atoms with Crippen molar-refractivity contribution in [3.8, 4) is 0 Å². The summed E-state index contributed by atoms with van der Waals surface area (Å²) in [5, 5.41) is 13.4. The molecule has 0 radical (unpaired) electrons. The molecule has 3 heterocycles. The molecule has 10 heteroatoms. The molecule has 0 aromatic carbocycles. The topological polar surface area (TPSA) is 98.7 Å². The second-order valence-corrected chi connectivity index (χ2v) is 10.4. The van der Waals surface area contributed by atoms with Crippen LogP contribution >= 0.6 is 23.5 Å². The lowest BCUT2D eigenvalue weighted by Gasteiger charge is -2.29. The predicted octanol–water partition coefficient (Wildman–Crippen LogP) is 4.41. The Labute approximate surface area is 202 Å². The summed E-state index contributed by atoms with van der Waals surface area (Å²) < 4.78 is 7.56. The number of amides is 1. The lowest BCUT2D eigenvalue weighted by Crippen LogP contribution is -2.41. The fourth-order valence-corrected chi connectivity index (χ4v) is 5.70. The molecule has 1 aliphatic carbocycles. The van der Waals surface area contributed by atoms with Gasteiger partial charge in [0.25, 0.3) is 0 Å². The molecule has 1 aliphatic rings. The molecule has 1 N–H and O–H groups in total. The number of rotatable bonds is 9. The Bertz CT molecular complexity index is 1050. The zero-order valence-electron chi connectivity index (χ0n) is 19.3. The minimum absolute atomic E-state index is 0.0471. The highest BCUT2D eigenvalue weighted by molar-refractivity contribution is 7.99. The molecule has 176 valence electrons. The first-order valence-corrected chi connectivity index (χ1v) is 13.3. The monoisotopic (exact) mass is 486 g/mol. The van der Waals surface area contributed by atoms with Crippen LogP contribution in [0.2, 0.25) is 0 Å². The van der Waals surface area contributed by atoms with Crippen LogP contribution < -0.4 is 5.32 Å². The van der Waals surface area contributed by atoms with E-state index in [-0.39, 0.29) is 11.9 Å². The fourth-order valence-electron chi connectivity index (χ4n) is 4.05. The second-order valence-electron chi connectivity index (χ2n) is 8.51. The largest absolute Gasteiger partial charge is 0.467 e. The molecule has 1 fully saturated rings. The molecule has 3 aromatic heterocycles. The van der Waals surface area contributed by atoms with Crippen molar-refractivity contribution in [2.45, 2.75) is 75.1 Å². The van der Waals surface area contributed by atoms with Gasteiger partial charge in [-0.05, 0) is 50.8 Å². The van der Waals surface area contributed by atoms with E-state index < -0.39 is 0 Å². The molecule has 8 nitrogen and oxygen atoms in total. The van der Waals surface area contributed by atoms with E-state index in [4.69, 9.17) is 4.42 Å². The SMILES string of the molecule is Cc1cc(C)nc(SCc2nnc(SCC(=O)N[C@@H]3CCCC[C@@H]3C)n2Cc2ccco2)n1. The van der Waals surface area contributed by atoms with Gasteiger partial charge in [-0.2, -0.15) is 0 Å². The summed E-state index contributed by atoms with van der Waals surface area (Å²) in [4.78, 5) is 21.6. The van der Waals surface area contributed by atoms with Gasteiger partial charge >= 0.3 is 0 Å². The number of thioether (sulfide) groups is 2. The Morgan fingerprint density at radius 2 is 1.97 bits per heavy atom. The van der Waals surface area contributed by atoms with Crippen molar-refractivity contribution >= 4 is 29.4 Å². The van der Waals surface area contributed by atoms with E-state index in [1.165, 1.54) is 42.8 Å². The van der Waals surface area contributed by atoms with Crippen LogP contribution in [0.5, 0.6) is 0 Å². The maximum atomic E-state index is 12.6. The summed E-state index contributed by atoms with van der Waals surface area (Å²) in [6.07, 6.45) is 6.34. The number of furan rings is 1. The molecule has 0 spiro atoms. The molecular weight excluding hydrogens is 456 g/mol. The first kappa shape index (κ1) is 23.8. The van der Waals surface area contributed by atoms with Crippen molar-refractivity contribution in [3.05, 3.63) is 47.4 Å². The zero-order valence-corrected chi connectivity index (χ0v) is 20.9. The summed E-state index contributed by atoms with van der Waals surface area (Å²) >= 11 is 2.93. The number of nitrogens with zero attached hydrogens (tertiary/aromatic N) is 5. The zero-order chi connectivity index (χ0) is 23.2. The van der Waals surface area contributed by atoms with Gasteiger partial charge in [0.1, 0.15) is 11.6 Å². The highest BCUT2D eigenvalue weighted by Gasteiger charge is 2.23. The normalized spacial score (nSPS) is 18.4. The third kappa shape index (κ3) is 6.60. The van der Waals surface area contributed by atoms with Gasteiger partial charge in [-0.25, -0.2) is 9.97 Å². The van der Waals surface area contributed by atoms with E-state index in [9.17, 15) is 4.79 Å². The number of nitrogens with one attached hydrogen (secondary N) is 1. The van der Waals surface area contributed by atoms with Gasteiger partial charge in [-0.15, -0.1) is 10.2 Å². The number of hydrogen-bond donors (Lipinski definition) is 1. The van der Waals surface area contributed by atoms with Crippen molar-refractivity contribution in [2.75, 3.05) is 5.75 Å². The van der Waals surface area contributed by atoms with Crippen LogP contribution in [0.3, 0.4) is 0 Å². The number of hydrogen-bond acceptors (Lipinski definition) is 8. The van der Waals surface area contributed by atoms with Gasteiger partial charge < -0.3 is 9.73 Å². The average Bonchev–Trinajstić information content (AvgIpc) is 3.42. The summed E-state index contributed by atoms with van der Waals surface area (Å²) in [5.41, 5.74) is 1.88. The highest BCUT2D eigenvalue weighted by Crippen LogP contribution is 2.26. The Hall–Kier alpha value is -2.33. The van der Waals surface area contributed by atoms with Crippen LogP contribution in [0.15, 0.2) is 39.2 Å². The predicted molar refractivity (Wildman–Crippen MR) is 129 cm³/mol. The molecule has 1 saturated carbocycles. The first-order chi connectivity index (χ1) is 16.0. The van der Waals surface area contributed by atoms with Gasteiger partial charge in [0.05, 0.1) is 24.3 Å². The van der Waals surface area contributed by atoms with Crippen molar-refractivity contribution in [2.24, 2.45) is 5.92 Å². The number of carbonyl (C=O) groups is 1. The fraction of sp³-hybridized carbons (Fsp3) is 0.522. The molecule has 0 bridgehead atoms. The lowest BCUT2D eigenvalue weighted by atomic mass is 9.86. The molecule has 2 atom stereocenters. The van der Waals surface area contributed by atoms with Crippen molar-refractivity contribution in [1.29, 1.82) is 0 Å². The molecule has 1 amide bonds. The number of carbonyl (C=O) groups excluding carboxylic acids is 1. The third-order valence-electron chi connectivity index (χ3n) is 5.77. The minimum atomic E-state index is 0.0471. The van der Waals surface area contributed by atoms with E-state index in [2.05, 4.69) is 32.4 Å². The minimum Gasteiger partial charge on any atom is -0.467 e.